The summed E-state index contributed by atoms with van der Waals surface area (Å²) < 4.78 is 2.11. The highest BCUT2D eigenvalue weighted by molar-refractivity contribution is 6.30. The van der Waals surface area contributed by atoms with Gasteiger partial charge in [-0.25, -0.2) is 4.98 Å². The largest absolute Gasteiger partial charge is 0.397 e. The minimum Gasteiger partial charge on any atom is -0.397 e. The third-order valence-electron chi connectivity index (χ3n) is 3.75. The van der Waals surface area contributed by atoms with Crippen LogP contribution in [-0.2, 0) is 6.54 Å². The highest BCUT2D eigenvalue weighted by Crippen LogP contribution is 2.26. The highest BCUT2D eigenvalue weighted by Gasteiger charge is 2.10. The first-order chi connectivity index (χ1) is 9.56. The van der Waals surface area contributed by atoms with Crippen LogP contribution in [0.1, 0.15) is 16.7 Å². The van der Waals surface area contributed by atoms with E-state index in [9.17, 15) is 0 Å². The molecule has 1 heterocycles. The van der Waals surface area contributed by atoms with Gasteiger partial charge in [-0.15, -0.1) is 0 Å². The predicted molar refractivity (Wildman–Crippen MR) is 84.2 cm³/mol. The molecule has 0 amide bonds. The standard InChI is InChI=1S/C16H16ClN3/c1-10-7-14-16(15(18)11(10)2)19-9-20(14)8-12-3-5-13(17)6-4-12/h3-7,9H,8,18H2,1-2H3. The molecule has 0 aliphatic carbocycles. The van der Waals surface area contributed by atoms with E-state index in [0.29, 0.717) is 0 Å². The van der Waals surface area contributed by atoms with E-state index in [1.54, 1.807) is 0 Å². The van der Waals surface area contributed by atoms with Gasteiger partial charge in [0.2, 0.25) is 0 Å². The summed E-state index contributed by atoms with van der Waals surface area (Å²) in [6.07, 6.45) is 1.84. The van der Waals surface area contributed by atoms with Crippen LogP contribution in [0, 0.1) is 13.8 Å². The van der Waals surface area contributed by atoms with Gasteiger partial charge in [0, 0.05) is 11.6 Å². The summed E-state index contributed by atoms with van der Waals surface area (Å²) in [5.74, 6) is 0. The van der Waals surface area contributed by atoms with Gasteiger partial charge in [-0.1, -0.05) is 23.7 Å². The summed E-state index contributed by atoms with van der Waals surface area (Å²) in [6.45, 7) is 4.86. The molecule has 2 aromatic carbocycles. The zero-order chi connectivity index (χ0) is 14.3. The number of aromatic nitrogens is 2. The Bertz CT molecular complexity index is 773. The topological polar surface area (TPSA) is 43.8 Å². The Hall–Kier alpha value is -2.00. The summed E-state index contributed by atoms with van der Waals surface area (Å²) in [6, 6.07) is 10.0. The van der Waals surface area contributed by atoms with Crippen molar-refractivity contribution < 1.29 is 0 Å². The van der Waals surface area contributed by atoms with E-state index in [2.05, 4.69) is 22.5 Å². The molecule has 2 N–H and O–H groups in total. The number of hydrogen-bond donors (Lipinski definition) is 1. The van der Waals surface area contributed by atoms with Crippen molar-refractivity contribution in [1.82, 2.24) is 9.55 Å². The van der Waals surface area contributed by atoms with Crippen molar-refractivity contribution in [2.75, 3.05) is 5.73 Å². The first-order valence-corrected chi connectivity index (χ1v) is 6.89. The fraction of sp³-hybridized carbons (Fsp3) is 0.188. The molecule has 0 aliphatic rings. The normalized spacial score (nSPS) is 11.2. The molecule has 0 fully saturated rings. The van der Waals surface area contributed by atoms with Crippen molar-refractivity contribution >= 4 is 28.3 Å². The van der Waals surface area contributed by atoms with Gasteiger partial charge in [-0.3, -0.25) is 0 Å². The number of nitrogens with two attached hydrogens (primary N) is 1. The Morgan fingerprint density at radius 2 is 1.90 bits per heavy atom. The lowest BCUT2D eigenvalue weighted by Gasteiger charge is -2.08. The molecule has 0 atom stereocenters. The molecule has 0 unspecified atom stereocenters. The van der Waals surface area contributed by atoms with Crippen LogP contribution in [0.3, 0.4) is 0 Å². The van der Waals surface area contributed by atoms with E-state index in [-0.39, 0.29) is 0 Å². The fourth-order valence-corrected chi connectivity index (χ4v) is 2.49. The molecule has 1 aromatic heterocycles. The number of nitrogens with zero attached hydrogens (tertiary/aromatic N) is 2. The summed E-state index contributed by atoms with van der Waals surface area (Å²) in [5, 5.41) is 0.750. The molecule has 0 saturated heterocycles. The molecule has 3 rings (SSSR count). The first kappa shape index (κ1) is 13.0. The van der Waals surface area contributed by atoms with E-state index in [1.807, 2.05) is 37.5 Å². The molecule has 3 aromatic rings. The zero-order valence-corrected chi connectivity index (χ0v) is 12.3. The van der Waals surface area contributed by atoms with Gasteiger partial charge < -0.3 is 10.3 Å². The number of imidazole rings is 1. The van der Waals surface area contributed by atoms with Gasteiger partial charge in [-0.2, -0.15) is 0 Å². The lowest BCUT2D eigenvalue weighted by atomic mass is 10.1. The number of halogens is 1. The fourth-order valence-electron chi connectivity index (χ4n) is 2.37. The van der Waals surface area contributed by atoms with E-state index >= 15 is 0 Å². The first-order valence-electron chi connectivity index (χ1n) is 6.51. The highest BCUT2D eigenvalue weighted by atomic mass is 35.5. The number of rotatable bonds is 2. The average molecular weight is 286 g/mol. The number of fused-ring (bicyclic) bond motifs is 1. The van der Waals surface area contributed by atoms with E-state index < -0.39 is 0 Å². The Balaban J connectivity index is 2.06. The maximum Gasteiger partial charge on any atom is 0.112 e. The monoisotopic (exact) mass is 285 g/mol. The van der Waals surface area contributed by atoms with Crippen LogP contribution in [0.5, 0.6) is 0 Å². The van der Waals surface area contributed by atoms with Crippen molar-refractivity contribution in [3.63, 3.8) is 0 Å². The van der Waals surface area contributed by atoms with E-state index in [1.165, 1.54) is 11.1 Å². The molecule has 20 heavy (non-hydrogen) atoms. The summed E-state index contributed by atoms with van der Waals surface area (Å²) in [7, 11) is 0. The maximum absolute atomic E-state index is 6.15. The number of aryl methyl sites for hydroxylation is 1. The van der Waals surface area contributed by atoms with Crippen molar-refractivity contribution in [2.24, 2.45) is 0 Å². The third-order valence-corrected chi connectivity index (χ3v) is 4.00. The molecular formula is C16H16ClN3. The Morgan fingerprint density at radius 3 is 2.60 bits per heavy atom. The smallest absolute Gasteiger partial charge is 0.112 e. The molecule has 0 radical (unpaired) electrons. The number of anilines is 1. The molecule has 4 heteroatoms. The minimum absolute atomic E-state index is 0.750. The van der Waals surface area contributed by atoms with Crippen molar-refractivity contribution in [1.29, 1.82) is 0 Å². The van der Waals surface area contributed by atoms with Gasteiger partial charge in [0.25, 0.3) is 0 Å². The summed E-state index contributed by atoms with van der Waals surface area (Å²) >= 11 is 5.91. The Kier molecular flexibility index (Phi) is 3.14. The van der Waals surface area contributed by atoms with Crippen LogP contribution in [-0.4, -0.2) is 9.55 Å². The van der Waals surface area contributed by atoms with E-state index in [0.717, 1.165) is 33.9 Å². The maximum atomic E-state index is 6.15. The van der Waals surface area contributed by atoms with Crippen LogP contribution in [0.15, 0.2) is 36.7 Å². The van der Waals surface area contributed by atoms with Crippen molar-refractivity contribution in [3.8, 4) is 0 Å². The van der Waals surface area contributed by atoms with Crippen LogP contribution < -0.4 is 5.73 Å². The van der Waals surface area contributed by atoms with Gasteiger partial charge >= 0.3 is 0 Å². The van der Waals surface area contributed by atoms with E-state index in [4.69, 9.17) is 17.3 Å². The molecule has 0 aliphatic heterocycles. The average Bonchev–Trinajstić information content (AvgIpc) is 2.82. The van der Waals surface area contributed by atoms with Crippen molar-refractivity contribution in [2.45, 2.75) is 20.4 Å². The van der Waals surface area contributed by atoms with Crippen LogP contribution in [0.2, 0.25) is 5.02 Å². The van der Waals surface area contributed by atoms with Gasteiger partial charge in [0.05, 0.1) is 17.5 Å². The second kappa shape index (κ2) is 4.84. The predicted octanol–water partition coefficient (Wildman–Crippen LogP) is 3.94. The molecule has 0 spiro atoms. The molecular weight excluding hydrogens is 270 g/mol. The Morgan fingerprint density at radius 1 is 1.20 bits per heavy atom. The lowest BCUT2D eigenvalue weighted by Crippen LogP contribution is -1.99. The quantitative estimate of drug-likeness (QED) is 0.725. The van der Waals surface area contributed by atoms with Crippen LogP contribution in [0.25, 0.3) is 11.0 Å². The van der Waals surface area contributed by atoms with Gasteiger partial charge in [0.1, 0.15) is 5.52 Å². The number of hydrogen-bond acceptors (Lipinski definition) is 2. The molecule has 102 valence electrons. The number of benzene rings is 2. The number of nitrogen functional groups attached to an aromatic ring is 1. The second-order valence-electron chi connectivity index (χ2n) is 5.10. The van der Waals surface area contributed by atoms with Gasteiger partial charge in [-0.05, 0) is 48.7 Å². The zero-order valence-electron chi connectivity index (χ0n) is 11.5. The molecule has 0 saturated carbocycles. The summed E-state index contributed by atoms with van der Waals surface area (Å²) in [5.41, 5.74) is 12.4. The van der Waals surface area contributed by atoms with Crippen LogP contribution >= 0.6 is 11.6 Å². The Labute approximate surface area is 123 Å². The molecule has 3 nitrogen and oxygen atoms in total. The third kappa shape index (κ3) is 2.14. The lowest BCUT2D eigenvalue weighted by molar-refractivity contribution is 0.824. The SMILES string of the molecule is Cc1cc2c(ncn2Cc2ccc(Cl)cc2)c(N)c1C. The van der Waals surface area contributed by atoms with Crippen molar-refractivity contribution in [3.05, 3.63) is 58.4 Å². The van der Waals surface area contributed by atoms with Crippen LogP contribution in [0.4, 0.5) is 5.69 Å². The minimum atomic E-state index is 0.750. The van der Waals surface area contributed by atoms with Gasteiger partial charge in [0.15, 0.2) is 0 Å². The second-order valence-corrected chi connectivity index (χ2v) is 5.54. The summed E-state index contributed by atoms with van der Waals surface area (Å²) in [4.78, 5) is 4.45. The molecule has 0 bridgehead atoms.